The molecule has 1 heterocycles. The fourth-order valence-corrected chi connectivity index (χ4v) is 3.16. The van der Waals surface area contributed by atoms with Crippen LogP contribution in [0.15, 0.2) is 0 Å². The summed E-state index contributed by atoms with van der Waals surface area (Å²) in [5.74, 6) is 1.16. The van der Waals surface area contributed by atoms with Gasteiger partial charge in [-0.1, -0.05) is 0 Å². The number of alkyl carbamates (subject to hydrolysis) is 1. The monoisotopic (exact) mass is 255 g/mol. The van der Waals surface area contributed by atoms with Gasteiger partial charge in [-0.15, -0.1) is 0 Å². The van der Waals surface area contributed by atoms with E-state index in [-0.39, 0.29) is 6.04 Å². The van der Waals surface area contributed by atoms with Gasteiger partial charge in [0, 0.05) is 11.5 Å². The topological polar surface area (TPSA) is 81.7 Å². The molecule has 1 saturated heterocycles. The molecule has 1 fully saturated rings. The van der Waals surface area contributed by atoms with Gasteiger partial charge < -0.3 is 10.1 Å². The van der Waals surface area contributed by atoms with Crippen LogP contribution in [-0.4, -0.2) is 51.5 Å². The smallest absolute Gasteiger partial charge is 0.407 e. The summed E-state index contributed by atoms with van der Waals surface area (Å²) in [6.45, 7) is 0. The van der Waals surface area contributed by atoms with Gasteiger partial charge in [0.2, 0.25) is 0 Å². The quantitative estimate of drug-likeness (QED) is 0.703. The number of carbonyl (C=O) groups excluding carboxylic acids is 1. The zero-order chi connectivity index (χ0) is 11.5. The van der Waals surface area contributed by atoms with Gasteiger partial charge in [0.25, 0.3) is 10.1 Å². The van der Waals surface area contributed by atoms with E-state index in [1.54, 1.807) is 0 Å². The van der Waals surface area contributed by atoms with E-state index < -0.39 is 22.3 Å². The Hall–Kier alpha value is -0.470. The van der Waals surface area contributed by atoms with E-state index in [0.717, 1.165) is 6.26 Å². The summed E-state index contributed by atoms with van der Waals surface area (Å²) < 4.78 is 31.1. The van der Waals surface area contributed by atoms with Crippen LogP contribution in [0.5, 0.6) is 0 Å². The van der Waals surface area contributed by atoms with Crippen molar-refractivity contribution in [3.8, 4) is 0 Å². The molecule has 88 valence electrons. The lowest BCUT2D eigenvalue weighted by atomic mass is 10.2. The Morgan fingerprint density at radius 3 is 2.67 bits per heavy atom. The number of methoxy groups -OCH3 is 1. The van der Waals surface area contributed by atoms with Crippen molar-refractivity contribution in [1.82, 2.24) is 5.32 Å². The standard InChI is InChI=1S/C7H13NO5S2/c1-12-7(9)8-5-3-14-4-6(5)13-15(2,10)11/h5-6H,3-4H2,1-2H3,(H,8,9)/t5-,6+/m1/s1. The zero-order valence-electron chi connectivity index (χ0n) is 8.43. The molecule has 0 aromatic carbocycles. The summed E-state index contributed by atoms with van der Waals surface area (Å²) in [6, 6.07) is -0.322. The lowest BCUT2D eigenvalue weighted by Crippen LogP contribution is -2.44. The lowest BCUT2D eigenvalue weighted by Gasteiger charge is -2.18. The fraction of sp³-hybridized carbons (Fsp3) is 0.857. The Morgan fingerprint density at radius 1 is 1.47 bits per heavy atom. The average molecular weight is 255 g/mol. The van der Waals surface area contributed by atoms with Gasteiger partial charge in [0.15, 0.2) is 0 Å². The molecule has 1 rings (SSSR count). The van der Waals surface area contributed by atoms with E-state index in [1.165, 1.54) is 18.9 Å². The Balaban J connectivity index is 2.53. The SMILES string of the molecule is COC(=O)N[C@@H]1CSC[C@@H]1OS(C)(=O)=O. The Bertz CT molecular complexity index is 328. The minimum atomic E-state index is -3.49. The van der Waals surface area contributed by atoms with Crippen molar-refractivity contribution in [1.29, 1.82) is 0 Å². The largest absolute Gasteiger partial charge is 0.453 e. The third-order valence-corrected chi connectivity index (χ3v) is 3.57. The van der Waals surface area contributed by atoms with Crippen molar-refractivity contribution in [2.45, 2.75) is 12.1 Å². The van der Waals surface area contributed by atoms with Gasteiger partial charge in [-0.25, -0.2) is 4.79 Å². The van der Waals surface area contributed by atoms with Crippen LogP contribution in [0.2, 0.25) is 0 Å². The van der Waals surface area contributed by atoms with Crippen molar-refractivity contribution in [3.63, 3.8) is 0 Å². The number of rotatable bonds is 3. The van der Waals surface area contributed by atoms with Crippen LogP contribution in [0.4, 0.5) is 4.79 Å². The molecule has 0 aliphatic carbocycles. The maximum atomic E-state index is 10.9. The second-order valence-electron chi connectivity index (χ2n) is 3.12. The minimum Gasteiger partial charge on any atom is -0.453 e. The van der Waals surface area contributed by atoms with Crippen LogP contribution in [0, 0.1) is 0 Å². The summed E-state index contributed by atoms with van der Waals surface area (Å²) in [6.07, 6.45) is -0.0979. The molecule has 8 heteroatoms. The molecule has 0 unspecified atom stereocenters. The van der Waals surface area contributed by atoms with E-state index in [9.17, 15) is 13.2 Å². The fourth-order valence-electron chi connectivity index (χ4n) is 1.20. The summed E-state index contributed by atoms with van der Waals surface area (Å²) in [4.78, 5) is 10.9. The number of ether oxygens (including phenoxy) is 1. The van der Waals surface area contributed by atoms with E-state index in [1.807, 2.05) is 0 Å². The highest BCUT2D eigenvalue weighted by atomic mass is 32.2. The molecular weight excluding hydrogens is 242 g/mol. The molecule has 15 heavy (non-hydrogen) atoms. The summed E-state index contributed by atoms with van der Waals surface area (Å²) >= 11 is 1.52. The molecule has 1 amide bonds. The highest BCUT2D eigenvalue weighted by Crippen LogP contribution is 2.22. The zero-order valence-corrected chi connectivity index (χ0v) is 10.1. The highest BCUT2D eigenvalue weighted by molar-refractivity contribution is 7.99. The van der Waals surface area contributed by atoms with Gasteiger partial charge in [0.05, 0.1) is 19.4 Å². The molecule has 0 radical (unpaired) electrons. The second-order valence-corrected chi connectivity index (χ2v) is 5.79. The van der Waals surface area contributed by atoms with Crippen LogP contribution in [0.1, 0.15) is 0 Å². The predicted octanol–water partition coefficient (Wildman–Crippen LogP) is -0.197. The number of hydrogen-bond acceptors (Lipinski definition) is 6. The molecule has 6 nitrogen and oxygen atoms in total. The number of carbonyl (C=O) groups is 1. The van der Waals surface area contributed by atoms with Crippen LogP contribution >= 0.6 is 11.8 Å². The average Bonchev–Trinajstić information content (AvgIpc) is 2.50. The van der Waals surface area contributed by atoms with Gasteiger partial charge in [0.1, 0.15) is 6.10 Å². The molecular formula is C7H13NO5S2. The maximum absolute atomic E-state index is 10.9. The van der Waals surface area contributed by atoms with E-state index in [4.69, 9.17) is 4.18 Å². The first kappa shape index (κ1) is 12.6. The summed E-state index contributed by atoms with van der Waals surface area (Å²) in [5.41, 5.74) is 0. The van der Waals surface area contributed by atoms with Crippen LogP contribution < -0.4 is 5.32 Å². The van der Waals surface area contributed by atoms with Crippen LogP contribution in [0.25, 0.3) is 0 Å². The highest BCUT2D eigenvalue weighted by Gasteiger charge is 2.32. The molecule has 0 aromatic heterocycles. The molecule has 1 N–H and O–H groups in total. The van der Waals surface area contributed by atoms with Crippen molar-refractivity contribution in [3.05, 3.63) is 0 Å². The minimum absolute atomic E-state index is 0.322. The van der Waals surface area contributed by atoms with Crippen molar-refractivity contribution >= 4 is 28.0 Å². The third kappa shape index (κ3) is 4.27. The number of hydrogen-bond donors (Lipinski definition) is 1. The van der Waals surface area contributed by atoms with Gasteiger partial charge in [-0.05, 0) is 0 Å². The Morgan fingerprint density at radius 2 is 2.13 bits per heavy atom. The van der Waals surface area contributed by atoms with Crippen molar-refractivity contribution in [2.75, 3.05) is 24.9 Å². The lowest BCUT2D eigenvalue weighted by molar-refractivity contribution is 0.150. The van der Waals surface area contributed by atoms with Gasteiger partial charge in [-0.2, -0.15) is 20.2 Å². The maximum Gasteiger partial charge on any atom is 0.407 e. The molecule has 0 aromatic rings. The van der Waals surface area contributed by atoms with Crippen molar-refractivity contribution in [2.24, 2.45) is 0 Å². The normalized spacial score (nSPS) is 26.3. The number of thioether (sulfide) groups is 1. The first-order valence-corrected chi connectivity index (χ1v) is 7.20. The van der Waals surface area contributed by atoms with Crippen LogP contribution in [-0.2, 0) is 19.0 Å². The summed E-state index contributed by atoms with van der Waals surface area (Å²) in [5, 5.41) is 2.53. The summed E-state index contributed by atoms with van der Waals surface area (Å²) in [7, 11) is -2.23. The molecule has 2 atom stereocenters. The first-order chi connectivity index (χ1) is 6.92. The molecule has 0 spiro atoms. The molecule has 0 bridgehead atoms. The van der Waals surface area contributed by atoms with E-state index >= 15 is 0 Å². The van der Waals surface area contributed by atoms with E-state index in [2.05, 4.69) is 10.1 Å². The first-order valence-electron chi connectivity index (χ1n) is 4.23. The van der Waals surface area contributed by atoms with E-state index in [0.29, 0.717) is 11.5 Å². The van der Waals surface area contributed by atoms with Gasteiger partial charge in [-0.3, -0.25) is 4.18 Å². The molecule has 1 aliphatic heterocycles. The second kappa shape index (κ2) is 5.04. The molecule has 1 aliphatic rings. The Kier molecular flexibility index (Phi) is 4.23. The number of nitrogens with one attached hydrogen (secondary N) is 1. The Labute approximate surface area is 92.8 Å². The van der Waals surface area contributed by atoms with Gasteiger partial charge >= 0.3 is 6.09 Å². The third-order valence-electron chi connectivity index (χ3n) is 1.82. The van der Waals surface area contributed by atoms with Crippen LogP contribution in [0.3, 0.4) is 0 Å². The predicted molar refractivity (Wildman–Crippen MR) is 56.4 cm³/mol. The molecule has 0 saturated carbocycles. The van der Waals surface area contributed by atoms with Crippen molar-refractivity contribution < 1.29 is 22.1 Å². The number of amides is 1.